The molecule has 0 amide bonds. The number of hydrogen-bond donors (Lipinski definition) is 2. The van der Waals surface area contributed by atoms with E-state index in [0.717, 1.165) is 24.8 Å². The Morgan fingerprint density at radius 3 is 2.79 bits per heavy atom. The quantitative estimate of drug-likeness (QED) is 0.314. The molecule has 0 spiro atoms. The lowest BCUT2D eigenvalue weighted by Gasteiger charge is -2.21. The summed E-state index contributed by atoms with van der Waals surface area (Å²) in [6.45, 7) is 10.2. The minimum atomic E-state index is -0.514. The average molecular weight is 460 g/mol. The molecule has 1 fully saturated rings. The molecule has 33 heavy (non-hydrogen) atoms. The van der Waals surface area contributed by atoms with Crippen LogP contribution in [0.4, 0.5) is 5.95 Å². The van der Waals surface area contributed by atoms with Crippen LogP contribution in [0.5, 0.6) is 0 Å². The number of carbonyl (C=O) groups excluding carboxylic acids is 2. The highest BCUT2D eigenvalue weighted by molar-refractivity contribution is 5.72. The summed E-state index contributed by atoms with van der Waals surface area (Å²) in [7, 11) is 0. The number of aromatic amines is 1. The summed E-state index contributed by atoms with van der Waals surface area (Å²) >= 11 is 0. The maximum absolute atomic E-state index is 12.5. The second kappa shape index (κ2) is 10.6. The zero-order valence-electron chi connectivity index (χ0n) is 19.5. The minimum absolute atomic E-state index is 0.0177. The van der Waals surface area contributed by atoms with Crippen LogP contribution in [0.1, 0.15) is 65.3 Å². The first-order valence-corrected chi connectivity index (χ1v) is 11.5. The number of esters is 2. The smallest absolute Gasteiger partial charge is 0.306 e. The number of carbonyl (C=O) groups is 2. The minimum Gasteiger partial charge on any atom is -0.465 e. The van der Waals surface area contributed by atoms with E-state index < -0.39 is 11.7 Å². The number of aromatic nitrogens is 4. The van der Waals surface area contributed by atoms with Crippen molar-refractivity contribution in [1.29, 1.82) is 0 Å². The number of H-pyrrole nitrogens is 1. The van der Waals surface area contributed by atoms with Gasteiger partial charge in [-0.05, 0) is 17.9 Å². The van der Waals surface area contributed by atoms with Gasteiger partial charge in [-0.25, -0.2) is 4.98 Å². The number of nitrogens with two attached hydrogens (primary N) is 1. The highest BCUT2D eigenvalue weighted by Crippen LogP contribution is 2.42. The molecule has 10 nitrogen and oxygen atoms in total. The fraction of sp³-hybridized carbons (Fsp3) is 0.609. The molecule has 3 atom stereocenters. The van der Waals surface area contributed by atoms with Gasteiger partial charge in [0.2, 0.25) is 5.95 Å². The summed E-state index contributed by atoms with van der Waals surface area (Å²) in [6.07, 6.45) is 4.77. The highest BCUT2D eigenvalue weighted by Gasteiger charge is 2.42. The Morgan fingerprint density at radius 2 is 2.09 bits per heavy atom. The van der Waals surface area contributed by atoms with Crippen molar-refractivity contribution in [3.05, 3.63) is 28.8 Å². The number of nitrogens with one attached hydrogen (secondary N) is 1. The SMILES string of the molecule is C=C1C(COC(=O)CC(C)C)C(OC(=O)CCCCC)CC1n1cnc2c(=O)[nH]c(N)nc21. The number of anilines is 1. The molecule has 0 aliphatic heterocycles. The van der Waals surface area contributed by atoms with E-state index in [2.05, 4.69) is 28.5 Å². The van der Waals surface area contributed by atoms with Crippen LogP contribution >= 0.6 is 0 Å². The summed E-state index contributed by atoms with van der Waals surface area (Å²) in [5.74, 6) is -0.803. The van der Waals surface area contributed by atoms with E-state index in [0.29, 0.717) is 24.9 Å². The maximum Gasteiger partial charge on any atom is 0.306 e. The lowest BCUT2D eigenvalue weighted by atomic mass is 10.0. The Bertz CT molecular complexity index is 1070. The molecule has 180 valence electrons. The lowest BCUT2D eigenvalue weighted by molar-refractivity contribution is -0.153. The Labute approximate surface area is 192 Å². The van der Waals surface area contributed by atoms with Crippen molar-refractivity contribution in [1.82, 2.24) is 19.5 Å². The third kappa shape index (κ3) is 5.80. The first kappa shape index (κ1) is 24.5. The van der Waals surface area contributed by atoms with Crippen LogP contribution in [-0.2, 0) is 19.1 Å². The van der Waals surface area contributed by atoms with Crippen molar-refractivity contribution >= 4 is 29.1 Å². The van der Waals surface area contributed by atoms with E-state index in [1.807, 2.05) is 13.8 Å². The second-order valence-electron chi connectivity index (χ2n) is 8.97. The van der Waals surface area contributed by atoms with Crippen molar-refractivity contribution < 1.29 is 19.1 Å². The summed E-state index contributed by atoms with van der Waals surface area (Å²) in [5, 5.41) is 0. The van der Waals surface area contributed by atoms with Crippen LogP contribution < -0.4 is 11.3 Å². The van der Waals surface area contributed by atoms with E-state index in [4.69, 9.17) is 15.2 Å². The molecule has 1 aliphatic carbocycles. The predicted octanol–water partition coefficient (Wildman–Crippen LogP) is 2.90. The molecule has 2 heterocycles. The third-order valence-corrected chi connectivity index (χ3v) is 5.86. The zero-order valence-corrected chi connectivity index (χ0v) is 19.5. The van der Waals surface area contributed by atoms with Gasteiger partial charge in [0.25, 0.3) is 5.56 Å². The summed E-state index contributed by atoms with van der Waals surface area (Å²) < 4.78 is 13.0. The average Bonchev–Trinajstić information content (AvgIpc) is 3.27. The third-order valence-electron chi connectivity index (χ3n) is 5.86. The molecule has 0 radical (unpaired) electrons. The van der Waals surface area contributed by atoms with Crippen LogP contribution in [-0.4, -0.2) is 44.2 Å². The van der Waals surface area contributed by atoms with Crippen molar-refractivity contribution in [2.24, 2.45) is 11.8 Å². The van der Waals surface area contributed by atoms with Crippen LogP contribution in [0.3, 0.4) is 0 Å². The van der Waals surface area contributed by atoms with Crippen molar-refractivity contribution in [3.63, 3.8) is 0 Å². The summed E-state index contributed by atoms with van der Waals surface area (Å²) in [5.41, 5.74) is 6.51. The van der Waals surface area contributed by atoms with E-state index in [1.165, 1.54) is 6.33 Å². The molecule has 2 aromatic heterocycles. The molecule has 1 saturated carbocycles. The number of rotatable bonds is 10. The number of hydrogen-bond acceptors (Lipinski definition) is 8. The van der Waals surface area contributed by atoms with Gasteiger partial charge in [-0.1, -0.05) is 40.2 Å². The van der Waals surface area contributed by atoms with Gasteiger partial charge in [0.15, 0.2) is 11.2 Å². The molecule has 3 rings (SSSR count). The van der Waals surface area contributed by atoms with E-state index in [9.17, 15) is 14.4 Å². The maximum atomic E-state index is 12.5. The lowest BCUT2D eigenvalue weighted by Crippen LogP contribution is -2.27. The van der Waals surface area contributed by atoms with Gasteiger partial charge in [0, 0.05) is 19.3 Å². The van der Waals surface area contributed by atoms with Crippen LogP contribution in [0.2, 0.25) is 0 Å². The molecule has 0 bridgehead atoms. The van der Waals surface area contributed by atoms with E-state index in [-0.39, 0.29) is 47.9 Å². The predicted molar refractivity (Wildman–Crippen MR) is 123 cm³/mol. The Hall–Kier alpha value is -3.17. The summed E-state index contributed by atoms with van der Waals surface area (Å²) in [6, 6.07) is -0.342. The van der Waals surface area contributed by atoms with Crippen molar-refractivity contribution in [2.75, 3.05) is 12.3 Å². The Morgan fingerprint density at radius 1 is 1.33 bits per heavy atom. The molecular formula is C23H33N5O5. The van der Waals surface area contributed by atoms with E-state index in [1.54, 1.807) is 4.57 Å². The fourth-order valence-corrected chi connectivity index (χ4v) is 4.15. The van der Waals surface area contributed by atoms with Crippen molar-refractivity contribution in [3.8, 4) is 0 Å². The van der Waals surface area contributed by atoms with Gasteiger partial charge in [-0.2, -0.15) is 4.98 Å². The number of nitrogens with zero attached hydrogens (tertiary/aromatic N) is 3. The monoisotopic (exact) mass is 459 g/mol. The highest BCUT2D eigenvalue weighted by atomic mass is 16.6. The van der Waals surface area contributed by atoms with Gasteiger partial charge in [-0.3, -0.25) is 19.4 Å². The van der Waals surface area contributed by atoms with Gasteiger partial charge in [-0.15, -0.1) is 0 Å². The largest absolute Gasteiger partial charge is 0.465 e. The second-order valence-corrected chi connectivity index (χ2v) is 8.97. The first-order valence-electron chi connectivity index (χ1n) is 11.5. The van der Waals surface area contributed by atoms with Gasteiger partial charge < -0.3 is 19.8 Å². The van der Waals surface area contributed by atoms with Gasteiger partial charge >= 0.3 is 11.9 Å². The molecule has 1 aliphatic rings. The fourth-order valence-electron chi connectivity index (χ4n) is 4.15. The van der Waals surface area contributed by atoms with E-state index >= 15 is 0 Å². The number of nitrogen functional groups attached to an aromatic ring is 1. The Kier molecular flexibility index (Phi) is 7.88. The summed E-state index contributed by atoms with van der Waals surface area (Å²) in [4.78, 5) is 47.6. The molecule has 10 heteroatoms. The normalized spacial score (nSPS) is 20.5. The van der Waals surface area contributed by atoms with Crippen LogP contribution in [0.15, 0.2) is 23.3 Å². The molecular weight excluding hydrogens is 426 g/mol. The van der Waals surface area contributed by atoms with Gasteiger partial charge in [0.1, 0.15) is 12.7 Å². The van der Waals surface area contributed by atoms with Crippen LogP contribution in [0.25, 0.3) is 11.2 Å². The molecule has 2 aromatic rings. The first-order chi connectivity index (χ1) is 15.7. The number of ether oxygens (including phenoxy) is 2. The van der Waals surface area contributed by atoms with Crippen molar-refractivity contribution in [2.45, 2.75) is 71.4 Å². The topological polar surface area (TPSA) is 142 Å². The standard InChI is InChI=1S/C23H33N5O5/c1-5-6-7-8-18(29)33-17-10-16(14(4)15(17)11-32-19(30)9-13(2)3)28-12-25-20-21(28)26-23(24)27-22(20)31/h12-13,15-17H,4-11H2,1-3H3,(H3,24,26,27,31). The Balaban J connectivity index is 1.83. The molecule has 0 saturated heterocycles. The van der Waals surface area contributed by atoms with Crippen LogP contribution in [0, 0.1) is 11.8 Å². The molecule has 3 N–H and O–H groups in total. The molecule has 0 aromatic carbocycles. The number of imidazole rings is 1. The zero-order chi connectivity index (χ0) is 24.1. The van der Waals surface area contributed by atoms with Gasteiger partial charge in [0.05, 0.1) is 18.3 Å². The number of fused-ring (bicyclic) bond motifs is 1. The number of unbranched alkanes of at least 4 members (excludes halogenated alkanes) is 2. The molecule has 3 unspecified atom stereocenters.